The van der Waals surface area contributed by atoms with Crippen LogP contribution in [0.1, 0.15) is 0 Å². The van der Waals surface area contributed by atoms with Gasteiger partial charge in [0, 0.05) is 16.5 Å². The number of benzene rings is 8. The van der Waals surface area contributed by atoms with Gasteiger partial charge in [0.15, 0.2) is 0 Å². The van der Waals surface area contributed by atoms with Crippen molar-refractivity contribution in [3.8, 4) is 44.5 Å². The van der Waals surface area contributed by atoms with Gasteiger partial charge < -0.3 is 4.90 Å². The molecule has 0 aliphatic rings. The summed E-state index contributed by atoms with van der Waals surface area (Å²) in [6.45, 7) is 0. The third kappa shape index (κ3) is 5.39. The quantitative estimate of drug-likeness (QED) is 0.176. The van der Waals surface area contributed by atoms with Crippen molar-refractivity contribution in [1.82, 2.24) is 0 Å². The summed E-state index contributed by atoms with van der Waals surface area (Å²) in [5.41, 5.74) is 13.0. The average molecular weight is 600 g/mol. The number of para-hydroxylation sites is 2. The SMILES string of the molecule is c1ccc(-c2ccccc2-c2ccccc2-c2ccccc2N(c2ccccc2-c2ccccc2)c2cccc3ccccc23)cc1. The van der Waals surface area contributed by atoms with Crippen LogP contribution in [-0.4, -0.2) is 0 Å². The zero-order valence-corrected chi connectivity index (χ0v) is 26.0. The molecule has 0 bridgehead atoms. The van der Waals surface area contributed by atoms with E-state index in [4.69, 9.17) is 0 Å². The fourth-order valence-corrected chi connectivity index (χ4v) is 6.76. The predicted octanol–water partition coefficient (Wildman–Crippen LogP) is 13.0. The summed E-state index contributed by atoms with van der Waals surface area (Å²) >= 11 is 0. The van der Waals surface area contributed by atoms with E-state index < -0.39 is 0 Å². The molecule has 1 nitrogen and oxygen atoms in total. The van der Waals surface area contributed by atoms with Gasteiger partial charge in [-0.05, 0) is 57.0 Å². The van der Waals surface area contributed by atoms with Crippen LogP contribution in [0.25, 0.3) is 55.3 Å². The van der Waals surface area contributed by atoms with Crippen molar-refractivity contribution < 1.29 is 0 Å². The maximum Gasteiger partial charge on any atom is 0.0540 e. The largest absolute Gasteiger partial charge is 0.309 e. The minimum Gasteiger partial charge on any atom is -0.309 e. The van der Waals surface area contributed by atoms with Crippen LogP contribution < -0.4 is 4.90 Å². The third-order valence-electron chi connectivity index (χ3n) is 8.90. The van der Waals surface area contributed by atoms with Crippen molar-refractivity contribution in [2.24, 2.45) is 0 Å². The molecule has 0 fully saturated rings. The topological polar surface area (TPSA) is 3.24 Å². The minimum absolute atomic E-state index is 1.12. The molecule has 0 saturated carbocycles. The number of hydrogen-bond acceptors (Lipinski definition) is 1. The normalized spacial score (nSPS) is 11.0. The van der Waals surface area contributed by atoms with Crippen molar-refractivity contribution in [2.75, 3.05) is 4.90 Å². The highest BCUT2D eigenvalue weighted by Gasteiger charge is 2.23. The van der Waals surface area contributed by atoms with Gasteiger partial charge >= 0.3 is 0 Å². The van der Waals surface area contributed by atoms with E-state index in [0.29, 0.717) is 0 Å². The van der Waals surface area contributed by atoms with Gasteiger partial charge in [-0.15, -0.1) is 0 Å². The summed E-state index contributed by atoms with van der Waals surface area (Å²) in [5, 5.41) is 2.41. The molecule has 8 rings (SSSR count). The van der Waals surface area contributed by atoms with Gasteiger partial charge in [0.05, 0.1) is 17.1 Å². The van der Waals surface area contributed by atoms with Gasteiger partial charge in [0.1, 0.15) is 0 Å². The van der Waals surface area contributed by atoms with Crippen LogP contribution in [0.5, 0.6) is 0 Å². The molecule has 0 N–H and O–H groups in total. The van der Waals surface area contributed by atoms with Gasteiger partial charge in [-0.3, -0.25) is 0 Å². The van der Waals surface area contributed by atoms with Gasteiger partial charge in [0.25, 0.3) is 0 Å². The van der Waals surface area contributed by atoms with Crippen molar-refractivity contribution in [3.63, 3.8) is 0 Å². The van der Waals surface area contributed by atoms with E-state index in [1.54, 1.807) is 0 Å². The summed E-state index contributed by atoms with van der Waals surface area (Å²) in [5.74, 6) is 0. The molecule has 0 aliphatic heterocycles. The van der Waals surface area contributed by atoms with E-state index in [-0.39, 0.29) is 0 Å². The van der Waals surface area contributed by atoms with E-state index in [2.05, 4.69) is 205 Å². The number of nitrogens with zero attached hydrogens (tertiary/aromatic N) is 1. The molecule has 0 spiro atoms. The molecule has 222 valence electrons. The Hall–Kier alpha value is -6.18. The lowest BCUT2D eigenvalue weighted by Gasteiger charge is -2.31. The van der Waals surface area contributed by atoms with E-state index in [0.717, 1.165) is 17.1 Å². The maximum atomic E-state index is 2.46. The first-order valence-electron chi connectivity index (χ1n) is 16.1. The predicted molar refractivity (Wildman–Crippen MR) is 200 cm³/mol. The number of hydrogen-bond donors (Lipinski definition) is 0. The molecule has 0 unspecified atom stereocenters. The maximum absolute atomic E-state index is 2.46. The summed E-state index contributed by atoms with van der Waals surface area (Å²) in [6, 6.07) is 71.8. The van der Waals surface area contributed by atoms with Crippen LogP contribution in [-0.2, 0) is 0 Å². The smallest absolute Gasteiger partial charge is 0.0540 e. The highest BCUT2D eigenvalue weighted by atomic mass is 15.1. The first kappa shape index (κ1) is 28.3. The van der Waals surface area contributed by atoms with Crippen LogP contribution >= 0.6 is 0 Å². The molecule has 0 saturated heterocycles. The Bertz CT molecular complexity index is 2300. The molecule has 1 heteroatoms. The molecule has 0 radical (unpaired) electrons. The highest BCUT2D eigenvalue weighted by molar-refractivity contribution is 6.04. The van der Waals surface area contributed by atoms with Crippen molar-refractivity contribution in [1.29, 1.82) is 0 Å². The van der Waals surface area contributed by atoms with E-state index in [1.807, 2.05) is 0 Å². The van der Waals surface area contributed by atoms with Crippen molar-refractivity contribution in [3.05, 3.63) is 200 Å². The third-order valence-corrected chi connectivity index (χ3v) is 8.90. The molecule has 0 aromatic heterocycles. The first-order chi connectivity index (χ1) is 23.4. The zero-order valence-electron chi connectivity index (χ0n) is 26.0. The molecular formula is C46H33N. The fourth-order valence-electron chi connectivity index (χ4n) is 6.76. The van der Waals surface area contributed by atoms with Gasteiger partial charge in [-0.2, -0.15) is 0 Å². The van der Waals surface area contributed by atoms with E-state index >= 15 is 0 Å². The molecule has 8 aromatic carbocycles. The fraction of sp³-hybridized carbons (Fsp3) is 0. The molecule has 0 atom stereocenters. The Balaban J connectivity index is 1.40. The number of anilines is 3. The zero-order chi connectivity index (χ0) is 31.4. The minimum atomic E-state index is 1.12. The van der Waals surface area contributed by atoms with Crippen LogP contribution in [0.4, 0.5) is 17.1 Å². The van der Waals surface area contributed by atoms with Crippen molar-refractivity contribution in [2.45, 2.75) is 0 Å². The van der Waals surface area contributed by atoms with Crippen LogP contribution in [0, 0.1) is 0 Å². The lowest BCUT2D eigenvalue weighted by Crippen LogP contribution is -2.13. The molecule has 8 aromatic rings. The van der Waals surface area contributed by atoms with Gasteiger partial charge in [0.2, 0.25) is 0 Å². The lowest BCUT2D eigenvalue weighted by atomic mass is 9.88. The van der Waals surface area contributed by atoms with E-state index in [1.165, 1.54) is 55.3 Å². The first-order valence-corrected chi connectivity index (χ1v) is 16.1. The second-order valence-corrected chi connectivity index (χ2v) is 11.7. The standard InChI is InChI=1S/C46H33N/c1-3-18-34(19-4-1)37-24-9-10-27-40(37)41-28-11-12-29-42(41)43-30-14-16-32-46(43)47(45-33-17-23-36-22-7-8-25-39(36)45)44-31-15-13-26-38(44)35-20-5-2-6-21-35/h1-33H. The number of rotatable bonds is 7. The summed E-state index contributed by atoms with van der Waals surface area (Å²) < 4.78 is 0. The van der Waals surface area contributed by atoms with Gasteiger partial charge in [-0.25, -0.2) is 0 Å². The Labute approximate surface area is 276 Å². The van der Waals surface area contributed by atoms with Crippen molar-refractivity contribution >= 4 is 27.8 Å². The highest BCUT2D eigenvalue weighted by Crippen LogP contribution is 2.48. The number of fused-ring (bicyclic) bond motifs is 1. The van der Waals surface area contributed by atoms with Crippen LogP contribution in [0.15, 0.2) is 200 Å². The monoisotopic (exact) mass is 599 g/mol. The summed E-state index contributed by atoms with van der Waals surface area (Å²) in [7, 11) is 0. The summed E-state index contributed by atoms with van der Waals surface area (Å²) in [6.07, 6.45) is 0. The Morgan fingerprint density at radius 1 is 0.234 bits per heavy atom. The Kier molecular flexibility index (Phi) is 7.63. The second kappa shape index (κ2) is 12.7. The molecule has 0 aliphatic carbocycles. The van der Waals surface area contributed by atoms with Gasteiger partial charge in [-0.1, -0.05) is 182 Å². The van der Waals surface area contributed by atoms with Crippen LogP contribution in [0.3, 0.4) is 0 Å². The molecular weight excluding hydrogens is 567 g/mol. The average Bonchev–Trinajstić information content (AvgIpc) is 3.16. The Morgan fingerprint density at radius 2 is 0.617 bits per heavy atom. The Morgan fingerprint density at radius 3 is 1.28 bits per heavy atom. The van der Waals surface area contributed by atoms with E-state index in [9.17, 15) is 0 Å². The summed E-state index contributed by atoms with van der Waals surface area (Å²) in [4.78, 5) is 2.46. The lowest BCUT2D eigenvalue weighted by molar-refractivity contribution is 1.30. The molecule has 47 heavy (non-hydrogen) atoms. The molecule has 0 amide bonds. The molecule has 0 heterocycles. The second-order valence-electron chi connectivity index (χ2n) is 11.7. The van der Waals surface area contributed by atoms with Crippen LogP contribution in [0.2, 0.25) is 0 Å².